The number of methoxy groups -OCH3 is 1. The van der Waals surface area contributed by atoms with Gasteiger partial charge in [0.05, 0.1) is 25.1 Å². The fourth-order valence-corrected chi connectivity index (χ4v) is 4.94. The van der Waals surface area contributed by atoms with Crippen molar-refractivity contribution in [2.45, 2.75) is 25.1 Å². The Kier molecular flexibility index (Phi) is 6.73. The van der Waals surface area contributed by atoms with E-state index in [1.54, 1.807) is 18.2 Å². The van der Waals surface area contributed by atoms with Gasteiger partial charge in [-0.1, -0.05) is 77.1 Å². The van der Waals surface area contributed by atoms with Gasteiger partial charge < -0.3 is 4.74 Å². The number of fused-ring (bicyclic) bond motifs is 1. The van der Waals surface area contributed by atoms with Gasteiger partial charge in [0.15, 0.2) is 5.17 Å². The van der Waals surface area contributed by atoms with Crippen LogP contribution in [0.5, 0.6) is 5.75 Å². The molecule has 158 valence electrons. The number of amides is 1. The number of hydrogen-bond donors (Lipinski definition) is 0. The summed E-state index contributed by atoms with van der Waals surface area (Å²) in [7, 11) is 1.62. The lowest BCUT2D eigenvalue weighted by atomic mass is 10.0. The molecule has 0 saturated carbocycles. The van der Waals surface area contributed by atoms with E-state index >= 15 is 0 Å². The molecule has 7 heteroatoms. The van der Waals surface area contributed by atoms with E-state index in [2.05, 4.69) is 50.4 Å². The minimum Gasteiger partial charge on any atom is -0.496 e. The van der Waals surface area contributed by atoms with E-state index in [1.165, 1.54) is 11.8 Å². The van der Waals surface area contributed by atoms with Gasteiger partial charge in [0, 0.05) is 10.0 Å². The van der Waals surface area contributed by atoms with Crippen molar-refractivity contribution in [1.82, 2.24) is 4.90 Å². The van der Waals surface area contributed by atoms with Gasteiger partial charge in [-0.25, -0.2) is 0 Å². The first-order valence-corrected chi connectivity index (χ1v) is 11.7. The molecule has 3 aromatic carbocycles. The lowest BCUT2D eigenvalue weighted by Gasteiger charge is -2.17. The minimum absolute atomic E-state index is 0.0782. The summed E-state index contributed by atoms with van der Waals surface area (Å²) in [6, 6.07) is 20.1. The Labute approximate surface area is 194 Å². The van der Waals surface area contributed by atoms with Gasteiger partial charge in [-0.2, -0.15) is 5.10 Å². The molecular formula is C24H22BrN3O2S. The first-order valence-electron chi connectivity index (χ1n) is 10.00. The molecule has 1 atom stereocenters. The molecule has 1 heterocycles. The van der Waals surface area contributed by atoms with E-state index in [-0.39, 0.29) is 11.2 Å². The van der Waals surface area contributed by atoms with Crippen molar-refractivity contribution < 1.29 is 9.53 Å². The maximum atomic E-state index is 13.0. The van der Waals surface area contributed by atoms with Crippen molar-refractivity contribution >= 4 is 55.8 Å². The van der Waals surface area contributed by atoms with Crippen molar-refractivity contribution in [3.8, 4) is 5.75 Å². The second-order valence-corrected chi connectivity index (χ2v) is 9.18. The molecule has 0 aliphatic carbocycles. The molecule has 4 rings (SSSR count). The molecule has 0 spiro atoms. The van der Waals surface area contributed by atoms with Gasteiger partial charge in [0.1, 0.15) is 5.75 Å². The highest BCUT2D eigenvalue weighted by atomic mass is 79.9. The van der Waals surface area contributed by atoms with Crippen molar-refractivity contribution in [2.24, 2.45) is 10.2 Å². The number of rotatable bonds is 6. The molecule has 1 aliphatic heterocycles. The summed E-state index contributed by atoms with van der Waals surface area (Å²) in [4.78, 5) is 14.8. The van der Waals surface area contributed by atoms with Crippen molar-refractivity contribution in [3.05, 3.63) is 76.3 Å². The number of thioether (sulfide) groups is 1. The van der Waals surface area contributed by atoms with Crippen LogP contribution in [-0.4, -0.2) is 34.5 Å². The number of halogens is 1. The topological polar surface area (TPSA) is 54.3 Å². The molecule has 0 bridgehead atoms. The van der Waals surface area contributed by atoms with E-state index in [0.717, 1.165) is 32.8 Å². The molecule has 0 unspecified atom stereocenters. The van der Waals surface area contributed by atoms with Gasteiger partial charge >= 0.3 is 0 Å². The Hall–Kier alpha value is -2.64. The van der Waals surface area contributed by atoms with Crippen LogP contribution in [-0.2, 0) is 11.3 Å². The highest BCUT2D eigenvalue weighted by Gasteiger charge is 2.37. The van der Waals surface area contributed by atoms with Crippen LogP contribution in [0, 0.1) is 0 Å². The van der Waals surface area contributed by atoms with Crippen LogP contribution in [0.2, 0.25) is 0 Å². The molecule has 1 saturated heterocycles. The molecule has 1 fully saturated rings. The second-order valence-electron chi connectivity index (χ2n) is 7.09. The van der Waals surface area contributed by atoms with Gasteiger partial charge in [-0.05, 0) is 41.0 Å². The third kappa shape index (κ3) is 4.67. The van der Waals surface area contributed by atoms with Crippen LogP contribution in [0.3, 0.4) is 0 Å². The number of amidine groups is 1. The maximum absolute atomic E-state index is 13.0. The number of carbonyl (C=O) groups excluding carboxylic acids is 1. The fraction of sp³-hybridized carbons (Fsp3) is 0.208. The monoisotopic (exact) mass is 495 g/mol. The molecule has 5 nitrogen and oxygen atoms in total. The van der Waals surface area contributed by atoms with E-state index in [9.17, 15) is 4.79 Å². The highest BCUT2D eigenvalue weighted by molar-refractivity contribution is 9.10. The van der Waals surface area contributed by atoms with Crippen LogP contribution in [0.15, 0.2) is 75.3 Å². The Morgan fingerprint density at radius 1 is 1.16 bits per heavy atom. The quantitative estimate of drug-likeness (QED) is 0.318. The number of carbonyl (C=O) groups is 1. The van der Waals surface area contributed by atoms with E-state index < -0.39 is 0 Å². The molecule has 31 heavy (non-hydrogen) atoms. The van der Waals surface area contributed by atoms with Crippen LogP contribution in [0.1, 0.15) is 24.5 Å². The average Bonchev–Trinajstić information content (AvgIpc) is 3.09. The van der Waals surface area contributed by atoms with Crippen LogP contribution in [0.25, 0.3) is 10.8 Å². The minimum atomic E-state index is -0.135. The average molecular weight is 496 g/mol. The summed E-state index contributed by atoms with van der Waals surface area (Å²) in [5, 5.41) is 11.5. The van der Waals surface area contributed by atoms with Crippen molar-refractivity contribution in [1.29, 1.82) is 0 Å². The summed E-state index contributed by atoms with van der Waals surface area (Å²) < 4.78 is 6.31. The van der Waals surface area contributed by atoms with Crippen LogP contribution >= 0.6 is 27.7 Å². The van der Waals surface area contributed by atoms with E-state index in [1.807, 2.05) is 43.3 Å². The smallest absolute Gasteiger partial charge is 0.242 e. The Balaban J connectivity index is 1.64. The van der Waals surface area contributed by atoms with Crippen LogP contribution in [0.4, 0.5) is 0 Å². The number of ether oxygens (including phenoxy) is 1. The highest BCUT2D eigenvalue weighted by Crippen LogP contribution is 2.32. The van der Waals surface area contributed by atoms with Crippen molar-refractivity contribution in [3.63, 3.8) is 0 Å². The summed E-state index contributed by atoms with van der Waals surface area (Å²) >= 11 is 4.94. The molecule has 3 aromatic rings. The third-order valence-electron chi connectivity index (χ3n) is 5.13. The van der Waals surface area contributed by atoms with Gasteiger partial charge in [0.25, 0.3) is 0 Å². The normalized spacial score (nSPS) is 17.9. The van der Waals surface area contributed by atoms with Crippen molar-refractivity contribution in [2.75, 3.05) is 7.11 Å². The number of benzene rings is 3. The van der Waals surface area contributed by atoms with Gasteiger partial charge in [-0.15, -0.1) is 5.10 Å². The zero-order valence-corrected chi connectivity index (χ0v) is 19.7. The molecule has 1 aliphatic rings. The lowest BCUT2D eigenvalue weighted by Crippen LogP contribution is -2.31. The van der Waals surface area contributed by atoms with E-state index in [0.29, 0.717) is 17.5 Å². The summed E-state index contributed by atoms with van der Waals surface area (Å²) in [6.45, 7) is 2.49. The third-order valence-corrected chi connectivity index (χ3v) is 6.96. The van der Waals surface area contributed by atoms with Crippen LogP contribution < -0.4 is 4.74 Å². The molecular weight excluding hydrogens is 474 g/mol. The molecule has 0 N–H and O–H groups in total. The Morgan fingerprint density at radius 2 is 1.97 bits per heavy atom. The maximum Gasteiger partial charge on any atom is 0.242 e. The largest absolute Gasteiger partial charge is 0.496 e. The SMILES string of the molecule is CC[C@@H]1S/C(=N\N=C/c2cc(Br)ccc2OC)N(Cc2cccc3ccccc23)C1=O. The molecule has 1 amide bonds. The second kappa shape index (κ2) is 9.66. The standard InChI is InChI=1S/C24H22BrN3O2S/c1-3-22-23(29)28(15-17-9-6-8-16-7-4-5-10-20(16)17)24(31-22)27-26-14-18-13-19(25)11-12-21(18)30-2/h4-14,22H,3,15H2,1-2H3/b26-14-,27-24-/t22-/m0/s1. The Morgan fingerprint density at radius 3 is 2.77 bits per heavy atom. The first-order chi connectivity index (χ1) is 15.1. The number of hydrogen-bond acceptors (Lipinski definition) is 5. The fourth-order valence-electron chi connectivity index (χ4n) is 3.54. The summed E-state index contributed by atoms with van der Waals surface area (Å²) in [6.07, 6.45) is 2.40. The summed E-state index contributed by atoms with van der Waals surface area (Å²) in [5.74, 6) is 0.788. The predicted octanol–water partition coefficient (Wildman–Crippen LogP) is 5.86. The number of nitrogens with zero attached hydrogens (tertiary/aromatic N) is 3. The predicted molar refractivity (Wildman–Crippen MR) is 132 cm³/mol. The molecule has 0 radical (unpaired) electrons. The van der Waals surface area contributed by atoms with Gasteiger partial charge in [0.2, 0.25) is 5.91 Å². The summed E-state index contributed by atoms with van der Waals surface area (Å²) in [5.41, 5.74) is 1.90. The van der Waals surface area contributed by atoms with E-state index in [4.69, 9.17) is 4.74 Å². The Bertz CT molecular complexity index is 1170. The first kappa shape index (κ1) is 21.6. The zero-order chi connectivity index (χ0) is 21.8. The molecule has 0 aromatic heterocycles. The van der Waals surface area contributed by atoms with Gasteiger partial charge in [-0.3, -0.25) is 9.69 Å². The zero-order valence-electron chi connectivity index (χ0n) is 17.3. The lowest BCUT2D eigenvalue weighted by molar-refractivity contribution is -0.126.